The third kappa shape index (κ3) is 6.02. The van der Waals surface area contributed by atoms with Crippen molar-refractivity contribution in [1.29, 1.82) is 0 Å². The van der Waals surface area contributed by atoms with Crippen LogP contribution in [-0.2, 0) is 28.5 Å². The maximum absolute atomic E-state index is 13.5. The second-order valence-electron chi connectivity index (χ2n) is 7.73. The number of rotatable bonds is 9. The number of alkyl halides is 3. The summed E-state index contributed by atoms with van der Waals surface area (Å²) in [4.78, 5) is 12.3. The number of ether oxygens (including phenoxy) is 2. The monoisotopic (exact) mass is 506 g/mol. The molecule has 1 unspecified atom stereocenters. The van der Waals surface area contributed by atoms with E-state index >= 15 is 0 Å². The third-order valence-corrected chi connectivity index (χ3v) is 6.43. The van der Waals surface area contributed by atoms with Crippen LogP contribution < -0.4 is 4.74 Å². The fourth-order valence-electron chi connectivity index (χ4n) is 3.41. The zero-order valence-electron chi connectivity index (χ0n) is 18.0. The van der Waals surface area contributed by atoms with E-state index < -0.39 is 54.4 Å². The number of aliphatic hydroxyl groups excluding tert-OH is 3. The first-order valence-electron chi connectivity index (χ1n) is 10.5. The summed E-state index contributed by atoms with van der Waals surface area (Å²) in [7, 11) is 0. The SMILES string of the molecule is CCCSc1ccc(CCc2c(OC3O[C@H](C(=O)O)[C@@H](O)[C@H](O)[C@H]3O)n[nH]c2C(F)(F)F)cc1. The summed E-state index contributed by atoms with van der Waals surface area (Å²) in [5.74, 6) is -1.25. The highest BCUT2D eigenvalue weighted by molar-refractivity contribution is 7.99. The number of hydrogen-bond acceptors (Lipinski definition) is 8. The van der Waals surface area contributed by atoms with Crippen molar-refractivity contribution in [2.24, 2.45) is 0 Å². The van der Waals surface area contributed by atoms with Gasteiger partial charge in [-0.15, -0.1) is 16.9 Å². The average Bonchev–Trinajstić information content (AvgIpc) is 3.20. The molecular formula is C21H25F3N2O7S. The first-order valence-corrected chi connectivity index (χ1v) is 11.5. The molecule has 34 heavy (non-hydrogen) atoms. The zero-order chi connectivity index (χ0) is 25.0. The van der Waals surface area contributed by atoms with Crippen LogP contribution in [0.2, 0.25) is 0 Å². The first kappa shape index (κ1) is 26.3. The van der Waals surface area contributed by atoms with Crippen LogP contribution in [0.5, 0.6) is 5.88 Å². The summed E-state index contributed by atoms with van der Waals surface area (Å²) in [5.41, 5.74) is -0.724. The lowest BCUT2D eigenvalue weighted by molar-refractivity contribution is -0.271. The summed E-state index contributed by atoms with van der Waals surface area (Å²) in [6.07, 6.45) is -13.4. The highest BCUT2D eigenvalue weighted by atomic mass is 32.2. The highest BCUT2D eigenvalue weighted by Gasteiger charge is 2.49. The molecule has 1 aromatic heterocycles. The number of aryl methyl sites for hydroxylation is 1. The highest BCUT2D eigenvalue weighted by Crippen LogP contribution is 2.36. The summed E-state index contributed by atoms with van der Waals surface area (Å²) in [6, 6.07) is 7.40. The molecule has 188 valence electrons. The Bertz CT molecular complexity index is 970. The number of aliphatic carboxylic acids is 1. The lowest BCUT2D eigenvalue weighted by atomic mass is 9.99. The van der Waals surface area contributed by atoms with Gasteiger partial charge < -0.3 is 29.9 Å². The van der Waals surface area contributed by atoms with Gasteiger partial charge >= 0.3 is 12.1 Å². The smallest absolute Gasteiger partial charge is 0.433 e. The zero-order valence-corrected chi connectivity index (χ0v) is 18.8. The Kier molecular flexibility index (Phi) is 8.47. The van der Waals surface area contributed by atoms with Crippen molar-refractivity contribution in [3.05, 3.63) is 41.1 Å². The molecule has 1 aliphatic rings. The van der Waals surface area contributed by atoms with Gasteiger partial charge in [-0.1, -0.05) is 19.1 Å². The van der Waals surface area contributed by atoms with Gasteiger partial charge in [0.15, 0.2) is 6.10 Å². The van der Waals surface area contributed by atoms with E-state index in [1.54, 1.807) is 11.8 Å². The van der Waals surface area contributed by atoms with Crippen molar-refractivity contribution in [3.63, 3.8) is 0 Å². The number of nitrogens with one attached hydrogen (secondary N) is 1. The molecule has 0 aliphatic carbocycles. The van der Waals surface area contributed by atoms with Crippen molar-refractivity contribution in [2.45, 2.75) is 68.0 Å². The molecule has 13 heteroatoms. The lowest BCUT2D eigenvalue weighted by Crippen LogP contribution is -2.61. The molecule has 1 aromatic carbocycles. The summed E-state index contributed by atoms with van der Waals surface area (Å²) in [6.45, 7) is 2.06. The number of aromatic amines is 1. The van der Waals surface area contributed by atoms with E-state index in [2.05, 4.69) is 12.0 Å². The van der Waals surface area contributed by atoms with Crippen LogP contribution in [0.4, 0.5) is 13.2 Å². The molecular weight excluding hydrogens is 481 g/mol. The van der Waals surface area contributed by atoms with Crippen LogP contribution in [0, 0.1) is 0 Å². The number of carboxylic acids is 1. The van der Waals surface area contributed by atoms with Crippen molar-refractivity contribution in [1.82, 2.24) is 10.2 Å². The molecule has 0 spiro atoms. The molecule has 0 bridgehead atoms. The molecule has 0 amide bonds. The van der Waals surface area contributed by atoms with E-state index in [4.69, 9.17) is 14.6 Å². The van der Waals surface area contributed by atoms with Crippen LogP contribution in [0.3, 0.4) is 0 Å². The number of hydrogen-bond donors (Lipinski definition) is 5. The predicted molar refractivity (Wildman–Crippen MR) is 113 cm³/mol. The summed E-state index contributed by atoms with van der Waals surface area (Å²) >= 11 is 1.67. The molecule has 1 aliphatic heterocycles. The Hall–Kier alpha value is -2.32. The number of H-pyrrole nitrogens is 1. The van der Waals surface area contributed by atoms with E-state index in [0.717, 1.165) is 22.6 Å². The van der Waals surface area contributed by atoms with Gasteiger partial charge in [-0.05, 0) is 42.7 Å². The third-order valence-electron chi connectivity index (χ3n) is 5.21. The normalized spacial score (nSPS) is 25.3. The lowest BCUT2D eigenvalue weighted by Gasteiger charge is -2.38. The number of aromatic nitrogens is 2. The molecule has 1 saturated heterocycles. The predicted octanol–water partition coefficient (Wildman–Crippen LogP) is 1.99. The van der Waals surface area contributed by atoms with Crippen molar-refractivity contribution >= 4 is 17.7 Å². The minimum absolute atomic E-state index is 0.140. The quantitative estimate of drug-likeness (QED) is 0.322. The maximum atomic E-state index is 13.5. The van der Waals surface area contributed by atoms with Gasteiger partial charge in [0.25, 0.3) is 0 Å². The van der Waals surface area contributed by atoms with Crippen molar-refractivity contribution in [3.8, 4) is 5.88 Å². The van der Waals surface area contributed by atoms with Gasteiger partial charge in [-0.2, -0.15) is 13.2 Å². The molecule has 5 atom stereocenters. The van der Waals surface area contributed by atoms with Gasteiger partial charge in [-0.25, -0.2) is 4.79 Å². The van der Waals surface area contributed by atoms with E-state index in [-0.39, 0.29) is 18.4 Å². The largest absolute Gasteiger partial charge is 0.479 e. The Morgan fingerprint density at radius 2 is 1.82 bits per heavy atom. The van der Waals surface area contributed by atoms with E-state index in [0.29, 0.717) is 0 Å². The molecule has 2 aromatic rings. The Balaban J connectivity index is 1.80. The molecule has 5 N–H and O–H groups in total. The van der Waals surface area contributed by atoms with Crippen molar-refractivity contribution in [2.75, 3.05) is 5.75 Å². The van der Waals surface area contributed by atoms with Crippen LogP contribution >= 0.6 is 11.8 Å². The van der Waals surface area contributed by atoms with E-state index in [1.807, 2.05) is 29.4 Å². The minimum atomic E-state index is -4.78. The van der Waals surface area contributed by atoms with Crippen LogP contribution in [0.25, 0.3) is 0 Å². The summed E-state index contributed by atoms with van der Waals surface area (Å²) < 4.78 is 50.9. The van der Waals surface area contributed by atoms with Crippen LogP contribution in [-0.4, -0.2) is 73.1 Å². The van der Waals surface area contributed by atoms with Gasteiger partial charge in [-0.3, -0.25) is 5.10 Å². The standard InChI is InChI=1S/C21H25F3N2O7S/c1-2-9-34-11-6-3-10(4-7-11)5-8-12-17(21(22,23)24)25-26-18(12)33-20-15(29)13(27)14(28)16(32-20)19(30)31/h3-4,6-7,13-16,20,27-29H,2,5,8-9H2,1H3,(H,25,26)(H,30,31)/t13-,14-,15+,16-,20?/m0/s1. The summed E-state index contributed by atoms with van der Waals surface area (Å²) in [5, 5.41) is 44.3. The Labute approximate surface area is 196 Å². The second kappa shape index (κ2) is 11.0. The Morgan fingerprint density at radius 1 is 1.15 bits per heavy atom. The first-order chi connectivity index (χ1) is 16.0. The number of carboxylic acid groups (broad SMARTS) is 1. The van der Waals surface area contributed by atoms with Crippen molar-refractivity contribution < 1.29 is 47.9 Å². The van der Waals surface area contributed by atoms with E-state index in [1.165, 1.54) is 0 Å². The van der Waals surface area contributed by atoms with Gasteiger partial charge in [0.05, 0.1) is 0 Å². The molecule has 0 saturated carbocycles. The number of halogens is 3. The molecule has 2 heterocycles. The topological polar surface area (TPSA) is 145 Å². The van der Waals surface area contributed by atoms with Gasteiger partial charge in [0.1, 0.15) is 24.0 Å². The maximum Gasteiger partial charge on any atom is 0.433 e. The number of nitrogens with zero attached hydrogens (tertiary/aromatic N) is 1. The second-order valence-corrected chi connectivity index (χ2v) is 8.89. The minimum Gasteiger partial charge on any atom is -0.479 e. The fraction of sp³-hybridized carbons (Fsp3) is 0.524. The molecule has 9 nitrogen and oxygen atoms in total. The van der Waals surface area contributed by atoms with Gasteiger partial charge in [0, 0.05) is 10.5 Å². The molecule has 1 fully saturated rings. The Morgan fingerprint density at radius 3 is 2.41 bits per heavy atom. The van der Waals surface area contributed by atoms with Crippen LogP contribution in [0.1, 0.15) is 30.2 Å². The molecule has 3 rings (SSSR count). The number of aliphatic hydroxyl groups is 3. The fourth-order valence-corrected chi connectivity index (χ4v) is 4.18. The van der Waals surface area contributed by atoms with Crippen LogP contribution in [0.15, 0.2) is 29.2 Å². The molecule has 0 radical (unpaired) electrons. The average molecular weight is 506 g/mol. The number of benzene rings is 1. The van der Waals surface area contributed by atoms with E-state index in [9.17, 15) is 33.3 Å². The van der Waals surface area contributed by atoms with Gasteiger partial charge in [0.2, 0.25) is 12.2 Å². The number of thioether (sulfide) groups is 1. The number of carbonyl (C=O) groups is 1.